The average molecular weight is 396 g/mol. The number of carbonyl (C=O) groups is 2. The highest BCUT2D eigenvalue weighted by atomic mass is 16.5. The van der Waals surface area contributed by atoms with E-state index < -0.39 is 0 Å². The minimum atomic E-state index is -0.283. The third-order valence-corrected chi connectivity index (χ3v) is 4.92. The molecule has 1 atom stereocenters. The van der Waals surface area contributed by atoms with Crippen LogP contribution in [0.5, 0.6) is 5.75 Å². The number of ether oxygens (including phenoxy) is 1. The van der Waals surface area contributed by atoms with E-state index in [0.29, 0.717) is 12.2 Å². The summed E-state index contributed by atoms with van der Waals surface area (Å²) in [6, 6.07) is 14.7. The molecule has 0 radical (unpaired) electrons. The fraction of sp³-hybridized carbons (Fsp3) is 0.364. The molecule has 3 rings (SSSR count). The summed E-state index contributed by atoms with van der Waals surface area (Å²) >= 11 is 0. The zero-order valence-corrected chi connectivity index (χ0v) is 17.1. The van der Waals surface area contributed by atoms with Crippen LogP contribution in [-0.4, -0.2) is 44.6 Å². The Morgan fingerprint density at radius 2 is 1.72 bits per heavy atom. The van der Waals surface area contributed by atoms with E-state index in [2.05, 4.69) is 16.0 Å². The summed E-state index contributed by atoms with van der Waals surface area (Å²) in [5.74, 6) is 1.01. The van der Waals surface area contributed by atoms with Gasteiger partial charge < -0.3 is 25.6 Å². The number of nitrogens with zero attached hydrogens (tertiary/aromatic N) is 1. The zero-order chi connectivity index (χ0) is 20.8. The predicted octanol–water partition coefficient (Wildman–Crippen LogP) is 3.47. The van der Waals surface area contributed by atoms with Gasteiger partial charge in [-0.1, -0.05) is 12.1 Å². The van der Waals surface area contributed by atoms with Gasteiger partial charge in [0.05, 0.1) is 13.2 Å². The molecule has 29 heavy (non-hydrogen) atoms. The lowest BCUT2D eigenvalue weighted by molar-refractivity contribution is -0.117. The van der Waals surface area contributed by atoms with Gasteiger partial charge in [0, 0.05) is 23.8 Å². The standard InChI is InChI=1S/C22H28N4O3/c1-26(2)20(16-5-4-6-19(13-16)29-3)14-23-22(28)25-18-11-9-17(10-12-18)24-21(27)15-7-8-15/h4-6,9-13,15,20H,7-8,14H2,1-3H3,(H,24,27)(H2,23,25,28). The highest BCUT2D eigenvalue weighted by Crippen LogP contribution is 2.30. The summed E-state index contributed by atoms with van der Waals surface area (Å²) < 4.78 is 5.29. The van der Waals surface area contributed by atoms with E-state index in [0.717, 1.165) is 29.8 Å². The summed E-state index contributed by atoms with van der Waals surface area (Å²) in [4.78, 5) is 26.2. The highest BCUT2D eigenvalue weighted by Gasteiger charge is 2.29. The molecule has 0 heterocycles. The van der Waals surface area contributed by atoms with Crippen LogP contribution in [0, 0.1) is 5.92 Å². The number of methoxy groups -OCH3 is 1. The Kier molecular flexibility index (Phi) is 6.72. The number of amides is 3. The van der Waals surface area contributed by atoms with Gasteiger partial charge in [-0.25, -0.2) is 4.79 Å². The number of likely N-dealkylation sites (N-methyl/N-ethyl adjacent to an activating group) is 1. The number of rotatable bonds is 8. The van der Waals surface area contributed by atoms with E-state index in [1.807, 2.05) is 43.3 Å². The molecule has 1 unspecified atom stereocenters. The van der Waals surface area contributed by atoms with E-state index in [4.69, 9.17) is 4.74 Å². The fourth-order valence-electron chi connectivity index (χ4n) is 3.04. The van der Waals surface area contributed by atoms with Crippen molar-refractivity contribution in [3.8, 4) is 5.75 Å². The van der Waals surface area contributed by atoms with Gasteiger partial charge in [-0.15, -0.1) is 0 Å². The van der Waals surface area contributed by atoms with Crippen LogP contribution in [0.25, 0.3) is 0 Å². The summed E-state index contributed by atoms with van der Waals surface area (Å²) in [5.41, 5.74) is 2.46. The van der Waals surface area contributed by atoms with Crippen molar-refractivity contribution in [2.24, 2.45) is 5.92 Å². The normalized spacial score (nSPS) is 14.2. The second-order valence-electron chi connectivity index (χ2n) is 7.43. The molecule has 1 aliphatic rings. The number of hydrogen-bond acceptors (Lipinski definition) is 4. The summed E-state index contributed by atoms with van der Waals surface area (Å²) in [5, 5.41) is 8.62. The molecule has 1 saturated carbocycles. The van der Waals surface area contributed by atoms with Crippen LogP contribution in [0.4, 0.5) is 16.2 Å². The molecule has 1 aliphatic carbocycles. The molecule has 2 aromatic carbocycles. The number of hydrogen-bond donors (Lipinski definition) is 3. The van der Waals surface area contributed by atoms with Gasteiger partial charge >= 0.3 is 6.03 Å². The first-order chi connectivity index (χ1) is 14.0. The van der Waals surface area contributed by atoms with Crippen LogP contribution in [0.3, 0.4) is 0 Å². The minimum Gasteiger partial charge on any atom is -0.497 e. The summed E-state index contributed by atoms with van der Waals surface area (Å²) in [7, 11) is 5.58. The van der Waals surface area contributed by atoms with Gasteiger partial charge in [0.2, 0.25) is 5.91 Å². The molecule has 0 bridgehead atoms. The first-order valence-electron chi connectivity index (χ1n) is 9.72. The SMILES string of the molecule is COc1cccc(C(CNC(=O)Nc2ccc(NC(=O)C3CC3)cc2)N(C)C)c1. The number of carbonyl (C=O) groups excluding carboxylic acids is 2. The number of benzene rings is 2. The second kappa shape index (κ2) is 9.43. The van der Waals surface area contributed by atoms with Crippen molar-refractivity contribution < 1.29 is 14.3 Å². The van der Waals surface area contributed by atoms with Gasteiger partial charge in [-0.3, -0.25) is 4.79 Å². The Balaban J connectivity index is 1.52. The molecule has 154 valence electrons. The van der Waals surface area contributed by atoms with E-state index in [1.54, 1.807) is 31.4 Å². The van der Waals surface area contributed by atoms with Gasteiger partial charge in [0.15, 0.2) is 0 Å². The zero-order valence-electron chi connectivity index (χ0n) is 17.1. The average Bonchev–Trinajstić information content (AvgIpc) is 3.55. The van der Waals surface area contributed by atoms with E-state index >= 15 is 0 Å². The van der Waals surface area contributed by atoms with Crippen molar-refractivity contribution in [1.82, 2.24) is 10.2 Å². The first kappa shape index (κ1) is 20.7. The fourth-order valence-corrected chi connectivity index (χ4v) is 3.04. The molecule has 0 spiro atoms. The quantitative estimate of drug-likeness (QED) is 0.638. The van der Waals surface area contributed by atoms with E-state index in [9.17, 15) is 9.59 Å². The Labute approximate surface area is 171 Å². The van der Waals surface area contributed by atoms with Crippen molar-refractivity contribution >= 4 is 23.3 Å². The van der Waals surface area contributed by atoms with Crippen molar-refractivity contribution in [2.45, 2.75) is 18.9 Å². The van der Waals surface area contributed by atoms with Crippen molar-refractivity contribution in [3.63, 3.8) is 0 Å². The Hall–Kier alpha value is -3.06. The van der Waals surface area contributed by atoms with Crippen molar-refractivity contribution in [3.05, 3.63) is 54.1 Å². The Bertz CT molecular complexity index is 847. The van der Waals surface area contributed by atoms with Crippen LogP contribution in [0.1, 0.15) is 24.4 Å². The Morgan fingerprint density at radius 1 is 1.07 bits per heavy atom. The first-order valence-corrected chi connectivity index (χ1v) is 9.72. The molecule has 7 heteroatoms. The molecule has 0 aliphatic heterocycles. The molecular weight excluding hydrogens is 368 g/mol. The number of urea groups is 1. The molecule has 0 aromatic heterocycles. The lowest BCUT2D eigenvalue weighted by atomic mass is 10.1. The maximum atomic E-state index is 12.3. The maximum absolute atomic E-state index is 12.3. The van der Waals surface area contributed by atoms with Crippen LogP contribution in [-0.2, 0) is 4.79 Å². The topological polar surface area (TPSA) is 82.7 Å². The Morgan fingerprint density at radius 3 is 2.31 bits per heavy atom. The number of nitrogens with one attached hydrogen (secondary N) is 3. The molecule has 1 fully saturated rings. The van der Waals surface area contributed by atoms with Gasteiger partial charge in [-0.2, -0.15) is 0 Å². The molecule has 0 saturated heterocycles. The monoisotopic (exact) mass is 396 g/mol. The number of anilines is 2. The van der Waals surface area contributed by atoms with E-state index in [1.165, 1.54) is 0 Å². The molecular formula is C22H28N4O3. The van der Waals surface area contributed by atoms with Crippen molar-refractivity contribution in [2.75, 3.05) is 38.4 Å². The smallest absolute Gasteiger partial charge is 0.319 e. The lowest BCUT2D eigenvalue weighted by Crippen LogP contribution is -2.36. The summed E-state index contributed by atoms with van der Waals surface area (Å²) in [6.45, 7) is 0.446. The van der Waals surface area contributed by atoms with Crippen LogP contribution in [0.2, 0.25) is 0 Å². The third-order valence-electron chi connectivity index (χ3n) is 4.92. The van der Waals surface area contributed by atoms with Gasteiger partial charge in [-0.05, 0) is 68.9 Å². The van der Waals surface area contributed by atoms with E-state index in [-0.39, 0.29) is 23.9 Å². The van der Waals surface area contributed by atoms with Gasteiger partial charge in [0.1, 0.15) is 5.75 Å². The second-order valence-corrected chi connectivity index (χ2v) is 7.43. The highest BCUT2D eigenvalue weighted by molar-refractivity contribution is 5.94. The molecule has 3 amide bonds. The third kappa shape index (κ3) is 5.96. The maximum Gasteiger partial charge on any atom is 0.319 e. The molecule has 7 nitrogen and oxygen atoms in total. The van der Waals surface area contributed by atoms with Crippen molar-refractivity contribution in [1.29, 1.82) is 0 Å². The lowest BCUT2D eigenvalue weighted by Gasteiger charge is -2.25. The summed E-state index contributed by atoms with van der Waals surface area (Å²) in [6.07, 6.45) is 1.94. The van der Waals surface area contributed by atoms with Crippen LogP contribution < -0.4 is 20.7 Å². The molecule has 2 aromatic rings. The van der Waals surface area contributed by atoms with Crippen LogP contribution >= 0.6 is 0 Å². The minimum absolute atomic E-state index is 0.0101. The largest absolute Gasteiger partial charge is 0.497 e. The van der Waals surface area contributed by atoms with Crippen LogP contribution in [0.15, 0.2) is 48.5 Å². The predicted molar refractivity (Wildman–Crippen MR) is 114 cm³/mol. The van der Waals surface area contributed by atoms with Gasteiger partial charge in [0.25, 0.3) is 0 Å². The molecule has 3 N–H and O–H groups in total.